The van der Waals surface area contributed by atoms with E-state index in [0.717, 1.165) is 0 Å². The van der Waals surface area contributed by atoms with E-state index in [2.05, 4.69) is 5.32 Å². The summed E-state index contributed by atoms with van der Waals surface area (Å²) in [6, 6.07) is 12.2. The molecule has 0 radical (unpaired) electrons. The molecule has 2 aromatic carbocycles. The van der Waals surface area contributed by atoms with E-state index in [0.29, 0.717) is 9.87 Å². The first-order valence-electron chi connectivity index (χ1n) is 7.38. The number of benzene rings is 2. The van der Waals surface area contributed by atoms with Gasteiger partial charge in [0.2, 0.25) is 5.91 Å². The molecule has 0 saturated heterocycles. The summed E-state index contributed by atoms with van der Waals surface area (Å²) in [6.45, 7) is 0.693. The second-order valence-electron chi connectivity index (χ2n) is 5.46. The van der Waals surface area contributed by atoms with Crippen LogP contribution in [0.5, 0.6) is 0 Å². The highest BCUT2D eigenvalue weighted by Crippen LogP contribution is 2.29. The number of carbonyl (C=O) groups excluding carboxylic acids is 3. The lowest BCUT2D eigenvalue weighted by molar-refractivity contribution is -0.116. The predicted molar refractivity (Wildman–Crippen MR) is 89.7 cm³/mol. The Labute approximate surface area is 144 Å². The van der Waals surface area contributed by atoms with Crippen LogP contribution >= 0.6 is 0 Å². The molecule has 2 amide bonds. The third-order valence-corrected chi connectivity index (χ3v) is 5.57. The van der Waals surface area contributed by atoms with Gasteiger partial charge in [-0.05, 0) is 31.2 Å². The van der Waals surface area contributed by atoms with Gasteiger partial charge in [0.05, 0.1) is 11.3 Å². The summed E-state index contributed by atoms with van der Waals surface area (Å²) < 4.78 is 25.4. The zero-order valence-corrected chi connectivity index (χ0v) is 14.0. The largest absolute Gasteiger partial charge is 0.324 e. The molecule has 7 nitrogen and oxygen atoms in total. The summed E-state index contributed by atoms with van der Waals surface area (Å²) in [6.07, 6.45) is 0. The summed E-state index contributed by atoms with van der Waals surface area (Å²) in [4.78, 5) is 36.0. The minimum Gasteiger partial charge on any atom is -0.324 e. The van der Waals surface area contributed by atoms with Crippen LogP contribution in [-0.4, -0.2) is 36.9 Å². The van der Waals surface area contributed by atoms with E-state index in [9.17, 15) is 22.8 Å². The van der Waals surface area contributed by atoms with Crippen LogP contribution in [-0.2, 0) is 14.8 Å². The van der Waals surface area contributed by atoms with Crippen LogP contribution in [0.3, 0.4) is 0 Å². The smallest absolute Gasteiger partial charge is 0.269 e. The van der Waals surface area contributed by atoms with Crippen LogP contribution < -0.4 is 5.32 Å². The van der Waals surface area contributed by atoms with Crippen molar-refractivity contribution in [1.29, 1.82) is 0 Å². The number of rotatable bonds is 4. The number of para-hydroxylation sites is 1. The Morgan fingerprint density at radius 3 is 2.36 bits per heavy atom. The monoisotopic (exact) mass is 358 g/mol. The minimum absolute atomic E-state index is 0.0411. The highest BCUT2D eigenvalue weighted by molar-refractivity contribution is 7.90. The molecule has 1 heterocycles. The van der Waals surface area contributed by atoms with Gasteiger partial charge in [-0.2, -0.15) is 0 Å². The molecule has 1 aliphatic heterocycles. The van der Waals surface area contributed by atoms with E-state index in [4.69, 9.17) is 0 Å². The molecule has 0 aromatic heterocycles. The fourth-order valence-corrected chi connectivity index (χ4v) is 4.13. The maximum absolute atomic E-state index is 12.4. The number of Topliss-reactive ketones (excluding diaryl/α,β-unsaturated/α-hetero) is 1. The molecule has 128 valence electrons. The number of carbonyl (C=O) groups is 3. The number of sulfonamides is 1. The maximum Gasteiger partial charge on any atom is 0.269 e. The van der Waals surface area contributed by atoms with Crippen LogP contribution in [0.1, 0.15) is 27.6 Å². The Morgan fingerprint density at radius 2 is 1.68 bits per heavy atom. The molecule has 0 fully saturated rings. The standard InChI is InChI=1S/C17H14N2O5S/c1-11(20)12-6-2-4-8-14(12)18-16(21)10-19-17(22)13-7-3-5-9-15(13)25(19,23)24/h2-9H,10H2,1H3,(H,18,21). The zero-order chi connectivity index (χ0) is 18.2. The topological polar surface area (TPSA) is 101 Å². The molecule has 0 unspecified atom stereocenters. The van der Waals surface area contributed by atoms with Crippen molar-refractivity contribution in [2.75, 3.05) is 11.9 Å². The van der Waals surface area contributed by atoms with Crippen molar-refractivity contribution in [2.45, 2.75) is 11.8 Å². The molecule has 0 spiro atoms. The van der Waals surface area contributed by atoms with E-state index in [1.54, 1.807) is 24.3 Å². The fraction of sp³-hybridized carbons (Fsp3) is 0.118. The molecule has 0 bridgehead atoms. The van der Waals surface area contributed by atoms with Crippen molar-refractivity contribution in [3.05, 3.63) is 59.7 Å². The molecule has 0 atom stereocenters. The van der Waals surface area contributed by atoms with Gasteiger partial charge in [-0.25, -0.2) is 12.7 Å². The lowest BCUT2D eigenvalue weighted by Crippen LogP contribution is -2.37. The minimum atomic E-state index is -4.05. The predicted octanol–water partition coefficient (Wildman–Crippen LogP) is 1.67. The van der Waals surface area contributed by atoms with Crippen LogP contribution in [0.15, 0.2) is 53.4 Å². The van der Waals surface area contributed by atoms with E-state index in [1.165, 1.54) is 31.2 Å². The average Bonchev–Trinajstić information content (AvgIpc) is 2.76. The molecule has 3 rings (SSSR count). The summed E-state index contributed by atoms with van der Waals surface area (Å²) >= 11 is 0. The first-order chi connectivity index (χ1) is 11.8. The highest BCUT2D eigenvalue weighted by atomic mass is 32.2. The van der Waals surface area contributed by atoms with Crippen molar-refractivity contribution in [3.8, 4) is 0 Å². The van der Waals surface area contributed by atoms with Crippen LogP contribution in [0.2, 0.25) is 0 Å². The number of fused-ring (bicyclic) bond motifs is 1. The maximum atomic E-state index is 12.4. The third-order valence-electron chi connectivity index (χ3n) is 3.78. The van der Waals surface area contributed by atoms with Crippen molar-refractivity contribution in [3.63, 3.8) is 0 Å². The fourth-order valence-electron chi connectivity index (χ4n) is 2.61. The Hall–Kier alpha value is -3.00. The Balaban J connectivity index is 1.84. The summed E-state index contributed by atoms with van der Waals surface area (Å²) in [5, 5.41) is 2.49. The van der Waals surface area contributed by atoms with Gasteiger partial charge in [-0.3, -0.25) is 14.4 Å². The molecule has 25 heavy (non-hydrogen) atoms. The lowest BCUT2D eigenvalue weighted by Gasteiger charge is -2.15. The number of amides is 2. The van der Waals surface area contributed by atoms with Gasteiger partial charge in [-0.15, -0.1) is 0 Å². The second kappa shape index (κ2) is 6.14. The molecule has 0 saturated carbocycles. The number of anilines is 1. The van der Waals surface area contributed by atoms with Gasteiger partial charge in [0.15, 0.2) is 5.78 Å². The Bertz CT molecular complexity index is 998. The number of hydrogen-bond acceptors (Lipinski definition) is 5. The van der Waals surface area contributed by atoms with E-state index in [1.807, 2.05) is 0 Å². The van der Waals surface area contributed by atoms with E-state index < -0.39 is 28.4 Å². The van der Waals surface area contributed by atoms with Gasteiger partial charge < -0.3 is 5.32 Å². The summed E-state index contributed by atoms with van der Waals surface area (Å²) in [7, 11) is -4.05. The van der Waals surface area contributed by atoms with Gasteiger partial charge in [0.1, 0.15) is 11.4 Å². The van der Waals surface area contributed by atoms with Gasteiger partial charge in [-0.1, -0.05) is 24.3 Å². The third kappa shape index (κ3) is 2.91. The normalized spacial score (nSPS) is 14.9. The van der Waals surface area contributed by atoms with Crippen molar-refractivity contribution < 1.29 is 22.8 Å². The first kappa shape index (κ1) is 16.8. The molecular formula is C17H14N2O5S. The van der Waals surface area contributed by atoms with Gasteiger partial charge >= 0.3 is 0 Å². The van der Waals surface area contributed by atoms with Crippen molar-refractivity contribution in [1.82, 2.24) is 4.31 Å². The highest BCUT2D eigenvalue weighted by Gasteiger charge is 2.41. The second-order valence-corrected chi connectivity index (χ2v) is 7.29. The number of hydrogen-bond donors (Lipinski definition) is 1. The molecule has 1 aliphatic rings. The zero-order valence-electron chi connectivity index (χ0n) is 13.2. The van der Waals surface area contributed by atoms with Crippen LogP contribution in [0, 0.1) is 0 Å². The lowest BCUT2D eigenvalue weighted by atomic mass is 10.1. The SMILES string of the molecule is CC(=O)c1ccccc1NC(=O)CN1C(=O)c2ccccc2S1(=O)=O. The molecule has 2 aromatic rings. The molecule has 1 N–H and O–H groups in total. The number of nitrogens with zero attached hydrogens (tertiary/aromatic N) is 1. The summed E-state index contributed by atoms with van der Waals surface area (Å²) in [5.74, 6) is -1.70. The van der Waals surface area contributed by atoms with Crippen LogP contribution in [0.4, 0.5) is 5.69 Å². The van der Waals surface area contributed by atoms with E-state index in [-0.39, 0.29) is 21.9 Å². The number of ketones is 1. The number of nitrogens with one attached hydrogen (secondary N) is 1. The Morgan fingerprint density at radius 1 is 1.04 bits per heavy atom. The average molecular weight is 358 g/mol. The molecule has 0 aliphatic carbocycles. The van der Waals surface area contributed by atoms with Crippen LogP contribution in [0.25, 0.3) is 0 Å². The molecular weight excluding hydrogens is 344 g/mol. The first-order valence-corrected chi connectivity index (χ1v) is 8.82. The quantitative estimate of drug-likeness (QED) is 0.838. The molecule has 8 heteroatoms. The summed E-state index contributed by atoms with van der Waals surface area (Å²) in [5.41, 5.74) is 0.607. The van der Waals surface area contributed by atoms with Crippen molar-refractivity contribution >= 4 is 33.3 Å². The van der Waals surface area contributed by atoms with Crippen molar-refractivity contribution in [2.24, 2.45) is 0 Å². The van der Waals surface area contributed by atoms with E-state index >= 15 is 0 Å². The van der Waals surface area contributed by atoms with Gasteiger partial charge in [0.25, 0.3) is 15.9 Å². The Kier molecular flexibility index (Phi) is 4.13. The van der Waals surface area contributed by atoms with Gasteiger partial charge in [0, 0.05) is 5.56 Å².